The fourth-order valence-corrected chi connectivity index (χ4v) is 2.65. The molecule has 0 aromatic heterocycles. The van der Waals surface area contributed by atoms with E-state index in [1.807, 2.05) is 24.3 Å². The number of hydrogen-bond acceptors (Lipinski definition) is 4. The van der Waals surface area contributed by atoms with Crippen LogP contribution in [0.2, 0.25) is 0 Å². The third kappa shape index (κ3) is 5.38. The Balaban J connectivity index is 1.66. The van der Waals surface area contributed by atoms with E-state index >= 15 is 0 Å². The molecular weight excluding hydrogens is 266 g/mol. The maximum atomic E-state index is 11.8. The number of hydrogen-bond donors (Lipinski definition) is 1. The van der Waals surface area contributed by atoms with E-state index in [2.05, 4.69) is 12.2 Å². The van der Waals surface area contributed by atoms with Gasteiger partial charge in [0.15, 0.2) is 0 Å². The fourth-order valence-electron chi connectivity index (χ4n) is 2.65. The van der Waals surface area contributed by atoms with Crippen molar-refractivity contribution in [1.82, 2.24) is 0 Å². The quantitative estimate of drug-likeness (QED) is 0.817. The SMILES string of the molecule is COC1CCCC(OC(=O)CCNc2ccc(C)cc2)C1. The largest absolute Gasteiger partial charge is 0.462 e. The molecular formula is C17H25NO3. The van der Waals surface area contributed by atoms with Gasteiger partial charge in [0.2, 0.25) is 0 Å². The zero-order valence-corrected chi connectivity index (χ0v) is 12.9. The molecule has 1 N–H and O–H groups in total. The van der Waals surface area contributed by atoms with Crippen molar-refractivity contribution in [3.8, 4) is 0 Å². The van der Waals surface area contributed by atoms with Gasteiger partial charge in [0.05, 0.1) is 12.5 Å². The molecule has 2 atom stereocenters. The lowest BCUT2D eigenvalue weighted by molar-refractivity contribution is -0.152. The van der Waals surface area contributed by atoms with E-state index in [0.29, 0.717) is 13.0 Å². The lowest BCUT2D eigenvalue weighted by Crippen LogP contribution is -2.29. The van der Waals surface area contributed by atoms with Crippen LogP contribution in [-0.4, -0.2) is 31.8 Å². The molecule has 1 saturated carbocycles. The molecule has 0 radical (unpaired) electrons. The van der Waals surface area contributed by atoms with Crippen LogP contribution < -0.4 is 5.32 Å². The van der Waals surface area contributed by atoms with Gasteiger partial charge in [-0.2, -0.15) is 0 Å². The smallest absolute Gasteiger partial charge is 0.307 e. The number of rotatable bonds is 6. The Hall–Kier alpha value is -1.55. The molecule has 1 fully saturated rings. The number of nitrogens with one attached hydrogen (secondary N) is 1. The highest BCUT2D eigenvalue weighted by Crippen LogP contribution is 2.23. The Kier molecular flexibility index (Phi) is 6.05. The minimum absolute atomic E-state index is 0.0237. The van der Waals surface area contributed by atoms with Gasteiger partial charge in [-0.05, 0) is 38.3 Å². The van der Waals surface area contributed by atoms with Crippen molar-refractivity contribution in [2.24, 2.45) is 0 Å². The zero-order valence-electron chi connectivity index (χ0n) is 12.9. The first-order chi connectivity index (χ1) is 10.2. The number of methoxy groups -OCH3 is 1. The standard InChI is InChI=1S/C17H25NO3/c1-13-6-8-14(9-7-13)18-11-10-17(19)21-16-5-3-4-15(12-16)20-2/h6-9,15-16,18H,3-5,10-12H2,1-2H3. The zero-order chi connectivity index (χ0) is 15.1. The van der Waals surface area contributed by atoms with Crippen molar-refractivity contribution in [3.63, 3.8) is 0 Å². The minimum Gasteiger partial charge on any atom is -0.462 e. The normalized spacial score (nSPS) is 21.8. The molecule has 1 aromatic carbocycles. The first-order valence-electron chi connectivity index (χ1n) is 7.70. The molecule has 2 rings (SSSR count). The van der Waals surface area contributed by atoms with E-state index in [-0.39, 0.29) is 18.2 Å². The Morgan fingerprint density at radius 3 is 2.67 bits per heavy atom. The topological polar surface area (TPSA) is 47.6 Å². The summed E-state index contributed by atoms with van der Waals surface area (Å²) in [5, 5.41) is 3.23. The highest BCUT2D eigenvalue weighted by molar-refractivity contribution is 5.70. The van der Waals surface area contributed by atoms with Crippen molar-refractivity contribution in [2.45, 2.75) is 51.2 Å². The molecule has 1 aliphatic carbocycles. The van der Waals surface area contributed by atoms with Crippen molar-refractivity contribution >= 4 is 11.7 Å². The number of ether oxygens (including phenoxy) is 2. The molecule has 0 spiro atoms. The molecule has 0 aliphatic heterocycles. The Morgan fingerprint density at radius 1 is 1.24 bits per heavy atom. The predicted octanol–water partition coefficient (Wildman–Crippen LogP) is 3.30. The van der Waals surface area contributed by atoms with Crippen LogP contribution in [0.1, 0.15) is 37.7 Å². The third-order valence-corrected chi connectivity index (χ3v) is 3.92. The molecule has 4 heteroatoms. The molecule has 0 heterocycles. The van der Waals surface area contributed by atoms with Crippen LogP contribution in [0.5, 0.6) is 0 Å². The number of carbonyl (C=O) groups excluding carboxylic acids is 1. The lowest BCUT2D eigenvalue weighted by Gasteiger charge is -2.27. The van der Waals surface area contributed by atoms with Crippen LogP contribution in [-0.2, 0) is 14.3 Å². The molecule has 21 heavy (non-hydrogen) atoms. The number of aryl methyl sites for hydroxylation is 1. The number of esters is 1. The van der Waals surface area contributed by atoms with Gasteiger partial charge in [-0.1, -0.05) is 17.7 Å². The van der Waals surface area contributed by atoms with Crippen LogP contribution in [0.15, 0.2) is 24.3 Å². The molecule has 2 unspecified atom stereocenters. The summed E-state index contributed by atoms with van der Waals surface area (Å²) >= 11 is 0. The van der Waals surface area contributed by atoms with E-state index < -0.39 is 0 Å². The first-order valence-corrected chi connectivity index (χ1v) is 7.70. The van der Waals surface area contributed by atoms with Crippen LogP contribution in [0.4, 0.5) is 5.69 Å². The molecule has 1 aromatic rings. The van der Waals surface area contributed by atoms with Gasteiger partial charge < -0.3 is 14.8 Å². The molecule has 4 nitrogen and oxygen atoms in total. The van der Waals surface area contributed by atoms with Gasteiger partial charge in [-0.15, -0.1) is 0 Å². The van der Waals surface area contributed by atoms with Crippen molar-refractivity contribution in [3.05, 3.63) is 29.8 Å². The molecule has 0 bridgehead atoms. The van der Waals surface area contributed by atoms with Crippen LogP contribution in [0, 0.1) is 6.92 Å². The minimum atomic E-state index is -0.128. The summed E-state index contributed by atoms with van der Waals surface area (Å²) in [6, 6.07) is 8.14. The van der Waals surface area contributed by atoms with Crippen molar-refractivity contribution in [2.75, 3.05) is 19.0 Å². The first kappa shape index (κ1) is 15.8. The van der Waals surface area contributed by atoms with Crippen molar-refractivity contribution in [1.29, 1.82) is 0 Å². The summed E-state index contributed by atoms with van der Waals surface area (Å²) in [7, 11) is 1.72. The molecule has 0 saturated heterocycles. The van der Waals surface area contributed by atoms with E-state index in [4.69, 9.17) is 9.47 Å². The average molecular weight is 291 g/mol. The number of anilines is 1. The van der Waals surface area contributed by atoms with Gasteiger partial charge >= 0.3 is 5.97 Å². The van der Waals surface area contributed by atoms with Gasteiger partial charge in [0.25, 0.3) is 0 Å². The van der Waals surface area contributed by atoms with E-state index in [0.717, 1.165) is 31.4 Å². The Labute approximate surface area is 126 Å². The maximum absolute atomic E-state index is 11.8. The highest BCUT2D eigenvalue weighted by Gasteiger charge is 2.24. The van der Waals surface area contributed by atoms with E-state index in [1.165, 1.54) is 5.56 Å². The summed E-state index contributed by atoms with van der Waals surface area (Å²) in [5.74, 6) is -0.128. The second kappa shape index (κ2) is 8.03. The third-order valence-electron chi connectivity index (χ3n) is 3.92. The van der Waals surface area contributed by atoms with Crippen molar-refractivity contribution < 1.29 is 14.3 Å². The second-order valence-electron chi connectivity index (χ2n) is 5.68. The average Bonchev–Trinajstić information content (AvgIpc) is 2.49. The summed E-state index contributed by atoms with van der Waals surface area (Å²) in [6.07, 6.45) is 4.57. The maximum Gasteiger partial charge on any atom is 0.307 e. The summed E-state index contributed by atoms with van der Waals surface area (Å²) in [6.45, 7) is 2.65. The Bertz CT molecular complexity index is 444. The summed E-state index contributed by atoms with van der Waals surface area (Å²) < 4.78 is 10.9. The predicted molar refractivity (Wildman–Crippen MR) is 83.4 cm³/mol. The van der Waals surface area contributed by atoms with Crippen LogP contribution >= 0.6 is 0 Å². The lowest BCUT2D eigenvalue weighted by atomic mass is 9.95. The Morgan fingerprint density at radius 2 is 1.95 bits per heavy atom. The van der Waals surface area contributed by atoms with Crippen LogP contribution in [0.25, 0.3) is 0 Å². The van der Waals surface area contributed by atoms with Gasteiger partial charge in [-0.3, -0.25) is 4.79 Å². The molecule has 116 valence electrons. The van der Waals surface area contributed by atoms with Crippen LogP contribution in [0.3, 0.4) is 0 Å². The van der Waals surface area contributed by atoms with Gasteiger partial charge in [-0.25, -0.2) is 0 Å². The molecule has 1 aliphatic rings. The molecule has 0 amide bonds. The second-order valence-corrected chi connectivity index (χ2v) is 5.68. The van der Waals surface area contributed by atoms with Gasteiger partial charge in [0, 0.05) is 25.8 Å². The van der Waals surface area contributed by atoms with Gasteiger partial charge in [0.1, 0.15) is 6.10 Å². The van der Waals surface area contributed by atoms with E-state index in [1.54, 1.807) is 7.11 Å². The summed E-state index contributed by atoms with van der Waals surface area (Å²) in [5.41, 5.74) is 2.26. The number of benzene rings is 1. The highest BCUT2D eigenvalue weighted by atomic mass is 16.5. The van der Waals surface area contributed by atoms with E-state index in [9.17, 15) is 4.79 Å². The fraction of sp³-hybridized carbons (Fsp3) is 0.588. The monoisotopic (exact) mass is 291 g/mol. The summed E-state index contributed by atoms with van der Waals surface area (Å²) in [4.78, 5) is 11.8. The number of carbonyl (C=O) groups is 1.